The second-order valence-corrected chi connectivity index (χ2v) is 5.00. The summed E-state index contributed by atoms with van der Waals surface area (Å²) in [5.74, 6) is -0.601. The minimum atomic E-state index is -0.695. The van der Waals surface area contributed by atoms with Crippen LogP contribution in [-0.2, 0) is 4.79 Å². The van der Waals surface area contributed by atoms with Gasteiger partial charge in [0.05, 0.1) is 5.92 Å². The number of nitrogens with one attached hydrogen (secondary N) is 1. The van der Waals surface area contributed by atoms with E-state index in [4.69, 9.17) is 5.11 Å². The standard InChI is InChI=1S/C14H18N2O3/c17-13(11-5-7-15-8-6-11)16-9-10-1-3-12(4-2-10)14(18)19/h5-8,10,12H,1-4,9H2,(H,16,17)(H,18,19). The molecular formula is C14H18N2O3. The molecule has 1 heterocycles. The molecule has 1 amide bonds. The fraction of sp³-hybridized carbons (Fsp3) is 0.500. The summed E-state index contributed by atoms with van der Waals surface area (Å²) in [6.07, 6.45) is 6.34. The number of carbonyl (C=O) groups is 2. The third-order valence-corrected chi connectivity index (χ3v) is 3.69. The minimum absolute atomic E-state index is 0.0947. The molecule has 0 radical (unpaired) electrons. The quantitative estimate of drug-likeness (QED) is 0.865. The first-order chi connectivity index (χ1) is 9.16. The van der Waals surface area contributed by atoms with Gasteiger partial charge in [0.2, 0.25) is 0 Å². The summed E-state index contributed by atoms with van der Waals surface area (Å²) in [5.41, 5.74) is 0.606. The molecule has 0 bridgehead atoms. The van der Waals surface area contributed by atoms with Crippen LogP contribution in [0.3, 0.4) is 0 Å². The molecule has 19 heavy (non-hydrogen) atoms. The molecule has 0 aromatic carbocycles. The lowest BCUT2D eigenvalue weighted by Crippen LogP contribution is -2.32. The Morgan fingerprint density at radius 3 is 2.42 bits per heavy atom. The number of carboxylic acids is 1. The van der Waals surface area contributed by atoms with Crippen LogP contribution < -0.4 is 5.32 Å². The molecule has 1 aliphatic rings. The van der Waals surface area contributed by atoms with Gasteiger partial charge in [0, 0.05) is 24.5 Å². The zero-order valence-electron chi connectivity index (χ0n) is 10.7. The molecule has 0 aliphatic heterocycles. The molecule has 5 nitrogen and oxygen atoms in total. The van der Waals surface area contributed by atoms with E-state index in [2.05, 4.69) is 10.3 Å². The first-order valence-corrected chi connectivity index (χ1v) is 6.58. The van der Waals surface area contributed by atoms with Crippen molar-refractivity contribution < 1.29 is 14.7 Å². The molecular weight excluding hydrogens is 244 g/mol. The van der Waals surface area contributed by atoms with Crippen molar-refractivity contribution in [3.63, 3.8) is 0 Å². The Bertz CT molecular complexity index is 439. The molecule has 1 aliphatic carbocycles. The second-order valence-electron chi connectivity index (χ2n) is 5.00. The lowest BCUT2D eigenvalue weighted by atomic mass is 9.82. The zero-order chi connectivity index (χ0) is 13.7. The van der Waals surface area contributed by atoms with E-state index in [1.54, 1.807) is 24.5 Å². The highest BCUT2D eigenvalue weighted by molar-refractivity contribution is 5.93. The fourth-order valence-corrected chi connectivity index (χ4v) is 2.46. The third kappa shape index (κ3) is 3.77. The highest BCUT2D eigenvalue weighted by Crippen LogP contribution is 2.28. The number of hydrogen-bond acceptors (Lipinski definition) is 3. The van der Waals surface area contributed by atoms with Crippen molar-refractivity contribution in [2.75, 3.05) is 6.54 Å². The molecule has 0 saturated heterocycles. The van der Waals surface area contributed by atoms with Crippen LogP contribution in [0.5, 0.6) is 0 Å². The van der Waals surface area contributed by atoms with E-state index in [0.717, 1.165) is 12.8 Å². The van der Waals surface area contributed by atoms with Crippen molar-refractivity contribution in [1.29, 1.82) is 0 Å². The average Bonchev–Trinajstić information content (AvgIpc) is 2.46. The molecule has 0 atom stereocenters. The summed E-state index contributed by atoms with van der Waals surface area (Å²) in [4.78, 5) is 26.5. The van der Waals surface area contributed by atoms with Crippen LogP contribution in [0.4, 0.5) is 0 Å². The van der Waals surface area contributed by atoms with Gasteiger partial charge >= 0.3 is 5.97 Å². The summed E-state index contributed by atoms with van der Waals surface area (Å²) in [6.45, 7) is 0.619. The van der Waals surface area contributed by atoms with Crippen molar-refractivity contribution in [2.24, 2.45) is 11.8 Å². The van der Waals surface area contributed by atoms with E-state index in [0.29, 0.717) is 30.9 Å². The van der Waals surface area contributed by atoms with Crippen LogP contribution in [0.15, 0.2) is 24.5 Å². The Hall–Kier alpha value is -1.91. The molecule has 102 valence electrons. The molecule has 1 saturated carbocycles. The first-order valence-electron chi connectivity index (χ1n) is 6.58. The summed E-state index contributed by atoms with van der Waals surface area (Å²) in [7, 11) is 0. The van der Waals surface area contributed by atoms with Gasteiger partial charge in [-0.3, -0.25) is 14.6 Å². The van der Waals surface area contributed by atoms with Crippen LogP contribution in [0.25, 0.3) is 0 Å². The maximum atomic E-state index is 11.8. The minimum Gasteiger partial charge on any atom is -0.481 e. The van der Waals surface area contributed by atoms with Gasteiger partial charge in [-0.2, -0.15) is 0 Å². The van der Waals surface area contributed by atoms with Crippen LogP contribution in [0.2, 0.25) is 0 Å². The largest absolute Gasteiger partial charge is 0.481 e. The van der Waals surface area contributed by atoms with Crippen LogP contribution in [-0.4, -0.2) is 28.5 Å². The lowest BCUT2D eigenvalue weighted by Gasteiger charge is -2.26. The summed E-state index contributed by atoms with van der Waals surface area (Å²) < 4.78 is 0. The number of rotatable bonds is 4. The number of amides is 1. The fourth-order valence-electron chi connectivity index (χ4n) is 2.46. The normalized spacial score (nSPS) is 22.7. The van der Waals surface area contributed by atoms with E-state index >= 15 is 0 Å². The van der Waals surface area contributed by atoms with E-state index in [1.807, 2.05) is 0 Å². The maximum Gasteiger partial charge on any atom is 0.306 e. The molecule has 0 spiro atoms. The Kier molecular flexibility index (Phi) is 4.49. The lowest BCUT2D eigenvalue weighted by molar-refractivity contribution is -0.143. The second kappa shape index (κ2) is 6.31. The van der Waals surface area contributed by atoms with Crippen LogP contribution in [0.1, 0.15) is 36.0 Å². The SMILES string of the molecule is O=C(NCC1CCC(C(=O)O)CC1)c1ccncc1. The monoisotopic (exact) mass is 262 g/mol. The zero-order valence-corrected chi connectivity index (χ0v) is 10.7. The van der Waals surface area contributed by atoms with Gasteiger partial charge in [0.25, 0.3) is 5.91 Å². The van der Waals surface area contributed by atoms with Crippen molar-refractivity contribution in [3.8, 4) is 0 Å². The highest BCUT2D eigenvalue weighted by atomic mass is 16.4. The highest BCUT2D eigenvalue weighted by Gasteiger charge is 2.25. The predicted molar refractivity (Wildman–Crippen MR) is 69.7 cm³/mol. The number of carboxylic acid groups (broad SMARTS) is 1. The molecule has 0 unspecified atom stereocenters. The molecule has 2 rings (SSSR count). The predicted octanol–water partition coefficient (Wildman–Crippen LogP) is 1.70. The third-order valence-electron chi connectivity index (χ3n) is 3.69. The molecule has 1 aromatic rings. The van der Waals surface area contributed by atoms with Gasteiger partial charge in [-0.05, 0) is 43.7 Å². The van der Waals surface area contributed by atoms with Crippen molar-refractivity contribution in [1.82, 2.24) is 10.3 Å². The van der Waals surface area contributed by atoms with E-state index in [9.17, 15) is 9.59 Å². The smallest absolute Gasteiger partial charge is 0.306 e. The molecule has 2 N–H and O–H groups in total. The van der Waals surface area contributed by atoms with Gasteiger partial charge in [0.1, 0.15) is 0 Å². The first kappa shape index (κ1) is 13.5. The van der Waals surface area contributed by atoms with Crippen molar-refractivity contribution in [3.05, 3.63) is 30.1 Å². The topological polar surface area (TPSA) is 79.3 Å². The summed E-state index contributed by atoms with van der Waals surface area (Å²) >= 11 is 0. The van der Waals surface area contributed by atoms with Crippen LogP contribution >= 0.6 is 0 Å². The summed E-state index contributed by atoms with van der Waals surface area (Å²) in [6, 6.07) is 3.35. The summed E-state index contributed by atoms with van der Waals surface area (Å²) in [5, 5.41) is 11.8. The van der Waals surface area contributed by atoms with E-state index in [-0.39, 0.29) is 11.8 Å². The number of aromatic nitrogens is 1. The van der Waals surface area contributed by atoms with E-state index in [1.165, 1.54) is 0 Å². The Morgan fingerprint density at radius 2 is 1.84 bits per heavy atom. The van der Waals surface area contributed by atoms with Gasteiger partial charge in [-0.1, -0.05) is 0 Å². The number of pyridine rings is 1. The molecule has 5 heteroatoms. The average molecular weight is 262 g/mol. The van der Waals surface area contributed by atoms with Gasteiger partial charge < -0.3 is 10.4 Å². The number of hydrogen-bond donors (Lipinski definition) is 2. The number of carbonyl (C=O) groups excluding carboxylic acids is 1. The Morgan fingerprint density at radius 1 is 1.21 bits per heavy atom. The van der Waals surface area contributed by atoms with Gasteiger partial charge in [-0.25, -0.2) is 0 Å². The van der Waals surface area contributed by atoms with Crippen molar-refractivity contribution >= 4 is 11.9 Å². The Balaban J connectivity index is 1.75. The molecule has 1 aromatic heterocycles. The van der Waals surface area contributed by atoms with E-state index < -0.39 is 5.97 Å². The maximum absolute atomic E-state index is 11.8. The number of aliphatic carboxylic acids is 1. The Labute approximate surface area is 112 Å². The van der Waals surface area contributed by atoms with Crippen molar-refractivity contribution in [2.45, 2.75) is 25.7 Å². The molecule has 1 fully saturated rings. The van der Waals surface area contributed by atoms with Gasteiger partial charge in [0.15, 0.2) is 0 Å². The van der Waals surface area contributed by atoms with Gasteiger partial charge in [-0.15, -0.1) is 0 Å². The van der Waals surface area contributed by atoms with Crippen LogP contribution in [0, 0.1) is 11.8 Å². The number of nitrogens with zero attached hydrogens (tertiary/aromatic N) is 1.